The van der Waals surface area contributed by atoms with Gasteiger partial charge in [0.15, 0.2) is 0 Å². The Bertz CT molecular complexity index is 2350. The molecule has 0 bridgehead atoms. The van der Waals surface area contributed by atoms with Crippen molar-refractivity contribution in [3.63, 3.8) is 0 Å². The maximum absolute atomic E-state index is 12.4. The molecule has 0 fully saturated rings. The molecule has 4 aromatic rings. The van der Waals surface area contributed by atoms with E-state index in [1.807, 2.05) is 28.7 Å². The van der Waals surface area contributed by atoms with Crippen LogP contribution in [-0.4, -0.2) is 11.1 Å². The van der Waals surface area contributed by atoms with E-state index in [9.17, 15) is 9.90 Å². The first-order valence-corrected chi connectivity index (χ1v) is 19.1. The topological polar surface area (TPSA) is 37.3 Å². The first-order chi connectivity index (χ1) is 22.6. The summed E-state index contributed by atoms with van der Waals surface area (Å²) < 4.78 is 0. The highest BCUT2D eigenvalue weighted by atomic mass is 32.1. The minimum absolute atomic E-state index is 0.0566. The maximum atomic E-state index is 12.4. The fourth-order valence-corrected chi connectivity index (χ4v) is 11.0. The zero-order chi connectivity index (χ0) is 34.0. The molecule has 0 unspecified atom stereocenters. The van der Waals surface area contributed by atoms with Gasteiger partial charge in [-0.1, -0.05) is 91.8 Å². The number of rotatable bonds is 4. The third kappa shape index (κ3) is 4.43. The number of hydrogen-bond acceptors (Lipinski definition) is 4. The van der Waals surface area contributed by atoms with E-state index in [1.54, 1.807) is 17.4 Å². The lowest BCUT2D eigenvalue weighted by Gasteiger charge is -2.58. The third-order valence-electron chi connectivity index (χ3n) is 11.1. The molecular weight excluding hydrogens is 645 g/mol. The van der Waals surface area contributed by atoms with Crippen LogP contribution in [0.1, 0.15) is 70.6 Å². The standard InChI is InChI=1S/C43H40O2S3/c1-40(2,3)25-19-27-20-30(34-13-14-37(47-34)38-16-15-36(48-38)35-10-9-17-46-35)33-23-26(41(4,5)6)22-32-29-18-24(39(44)45)11-12-28(29)31(21-25)42(27,7)43(32,33)8/h9-23H,1-8H3,(H,44,45)/t42-,43+/m0/s1. The summed E-state index contributed by atoms with van der Waals surface area (Å²) >= 11 is 5.52. The highest BCUT2D eigenvalue weighted by Gasteiger charge is 2.59. The largest absolute Gasteiger partial charge is 0.478 e. The van der Waals surface area contributed by atoms with Crippen molar-refractivity contribution in [1.29, 1.82) is 0 Å². The molecule has 0 amide bonds. The van der Waals surface area contributed by atoms with Crippen molar-refractivity contribution in [2.24, 2.45) is 21.7 Å². The third-order valence-corrected chi connectivity index (χ3v) is 14.5. The number of thiophene rings is 3. The molecule has 48 heavy (non-hydrogen) atoms. The molecule has 1 aromatic carbocycles. The van der Waals surface area contributed by atoms with Crippen molar-refractivity contribution in [3.8, 4) is 19.5 Å². The van der Waals surface area contributed by atoms with Gasteiger partial charge in [0.05, 0.1) is 5.56 Å². The monoisotopic (exact) mass is 684 g/mol. The lowest BCUT2D eigenvalue weighted by molar-refractivity contribution is 0.0696. The van der Waals surface area contributed by atoms with Gasteiger partial charge in [0.2, 0.25) is 0 Å². The van der Waals surface area contributed by atoms with Crippen LogP contribution < -0.4 is 10.4 Å². The average molecular weight is 685 g/mol. The number of fused-ring (bicyclic) bond motifs is 1. The van der Waals surface area contributed by atoms with Crippen LogP contribution in [0.4, 0.5) is 0 Å². The van der Waals surface area contributed by atoms with Gasteiger partial charge < -0.3 is 5.11 Å². The molecule has 5 heteroatoms. The number of carboxylic acid groups (broad SMARTS) is 1. The van der Waals surface area contributed by atoms with Gasteiger partial charge in [0.25, 0.3) is 0 Å². The van der Waals surface area contributed by atoms with Gasteiger partial charge in [0, 0.05) is 35.2 Å². The van der Waals surface area contributed by atoms with E-state index in [1.165, 1.54) is 63.4 Å². The van der Waals surface area contributed by atoms with Crippen LogP contribution >= 0.6 is 34.0 Å². The summed E-state index contributed by atoms with van der Waals surface area (Å²) in [6, 6.07) is 19.2. The number of hydrogen-bond donors (Lipinski definition) is 1. The minimum atomic E-state index is -0.894. The normalized spacial score (nSPS) is 23.0. The van der Waals surface area contributed by atoms with Crippen molar-refractivity contribution >= 4 is 56.7 Å². The summed E-state index contributed by atoms with van der Waals surface area (Å²) in [5.41, 5.74) is 8.38. The molecule has 3 aromatic heterocycles. The smallest absolute Gasteiger partial charge is 0.335 e. The molecule has 4 aliphatic carbocycles. The molecule has 0 saturated heterocycles. The lowest BCUT2D eigenvalue weighted by Crippen LogP contribution is -2.55. The van der Waals surface area contributed by atoms with Crippen LogP contribution in [0.25, 0.3) is 36.2 Å². The average Bonchev–Trinajstić information content (AvgIpc) is 3.81. The van der Waals surface area contributed by atoms with Crippen molar-refractivity contribution in [3.05, 3.63) is 134 Å². The van der Waals surface area contributed by atoms with E-state index >= 15 is 0 Å². The first-order valence-electron chi connectivity index (χ1n) is 16.6. The number of carboxylic acids is 1. The Morgan fingerprint density at radius 3 is 1.83 bits per heavy atom. The Morgan fingerprint density at radius 2 is 1.23 bits per heavy atom. The van der Waals surface area contributed by atoms with Crippen LogP contribution in [0.15, 0.2) is 113 Å². The number of allylic oxidation sites excluding steroid dienone is 10. The van der Waals surface area contributed by atoms with Crippen molar-refractivity contribution in [1.82, 2.24) is 0 Å². The van der Waals surface area contributed by atoms with Gasteiger partial charge in [-0.15, -0.1) is 34.0 Å². The molecule has 0 saturated carbocycles. The van der Waals surface area contributed by atoms with Gasteiger partial charge in [-0.3, -0.25) is 0 Å². The van der Waals surface area contributed by atoms with E-state index in [0.717, 1.165) is 10.4 Å². The van der Waals surface area contributed by atoms with E-state index < -0.39 is 11.4 Å². The van der Waals surface area contributed by atoms with E-state index in [-0.39, 0.29) is 16.2 Å². The molecule has 8 rings (SSSR count). The first kappa shape index (κ1) is 31.5. The Kier molecular flexibility index (Phi) is 6.80. The zero-order valence-electron chi connectivity index (χ0n) is 28.7. The molecule has 4 aliphatic rings. The predicted molar refractivity (Wildman–Crippen MR) is 206 cm³/mol. The molecule has 0 aliphatic heterocycles. The Labute approximate surface area is 295 Å². The molecule has 0 spiro atoms. The van der Waals surface area contributed by atoms with Crippen LogP contribution in [0, 0.1) is 21.7 Å². The Hall–Kier alpha value is -3.77. The van der Waals surface area contributed by atoms with Gasteiger partial charge in [-0.25, -0.2) is 4.79 Å². The summed E-state index contributed by atoms with van der Waals surface area (Å²) in [6.07, 6.45) is 12.2. The van der Waals surface area contributed by atoms with Gasteiger partial charge in [-0.2, -0.15) is 0 Å². The SMILES string of the molecule is CC(C)(C)C1=CC2=c3ccc(C(=O)O)cc3=C3C=C(C(C)(C)C)C=C4C(c5ccc(-c6ccc(-c7cccs7)s6)s5)=CC(=C1)[C@]2(C)[C@@]43C. The second-order valence-electron chi connectivity index (χ2n) is 15.9. The fourth-order valence-electron chi connectivity index (χ4n) is 7.99. The summed E-state index contributed by atoms with van der Waals surface area (Å²) in [5, 5.41) is 14.5. The molecule has 2 atom stereocenters. The van der Waals surface area contributed by atoms with E-state index in [2.05, 4.69) is 134 Å². The molecule has 3 heterocycles. The minimum Gasteiger partial charge on any atom is -0.478 e. The van der Waals surface area contributed by atoms with Crippen LogP contribution in [0.5, 0.6) is 0 Å². The summed E-state index contributed by atoms with van der Waals surface area (Å²) in [5.74, 6) is -0.894. The molecule has 1 N–H and O–H groups in total. The second-order valence-corrected chi connectivity index (χ2v) is 19.0. The Balaban J connectivity index is 1.43. The summed E-state index contributed by atoms with van der Waals surface area (Å²) in [6.45, 7) is 18.5. The van der Waals surface area contributed by atoms with Crippen LogP contribution in [-0.2, 0) is 0 Å². The summed E-state index contributed by atoms with van der Waals surface area (Å²) in [7, 11) is 0. The second kappa shape index (κ2) is 10.4. The van der Waals surface area contributed by atoms with Crippen LogP contribution in [0.2, 0.25) is 0 Å². The maximum Gasteiger partial charge on any atom is 0.335 e. The van der Waals surface area contributed by atoms with E-state index in [4.69, 9.17) is 0 Å². The van der Waals surface area contributed by atoms with Crippen LogP contribution in [0.3, 0.4) is 0 Å². The fraction of sp³-hybridized carbons (Fsp3) is 0.279. The zero-order valence-corrected chi connectivity index (χ0v) is 31.2. The van der Waals surface area contributed by atoms with Gasteiger partial charge in [-0.05, 0) is 114 Å². The lowest BCUT2D eigenvalue weighted by atomic mass is 9.44. The molecule has 242 valence electrons. The highest BCUT2D eigenvalue weighted by Crippen LogP contribution is 2.69. The van der Waals surface area contributed by atoms with Gasteiger partial charge >= 0.3 is 5.97 Å². The predicted octanol–water partition coefficient (Wildman–Crippen LogP) is 11.2. The number of carbonyl (C=O) groups is 1. The molecule has 2 nitrogen and oxygen atoms in total. The summed E-state index contributed by atoms with van der Waals surface area (Å²) in [4.78, 5) is 18.8. The van der Waals surface area contributed by atoms with Crippen molar-refractivity contribution in [2.75, 3.05) is 0 Å². The van der Waals surface area contributed by atoms with Crippen molar-refractivity contribution in [2.45, 2.75) is 55.4 Å². The van der Waals surface area contributed by atoms with Crippen molar-refractivity contribution < 1.29 is 9.90 Å². The highest BCUT2D eigenvalue weighted by molar-refractivity contribution is 7.26. The number of aromatic carboxylic acids is 1. The van der Waals surface area contributed by atoms with Gasteiger partial charge in [0.1, 0.15) is 0 Å². The molecule has 0 radical (unpaired) electrons. The molecular formula is C43H40O2S3. The Morgan fingerprint density at radius 1 is 0.646 bits per heavy atom. The van der Waals surface area contributed by atoms with E-state index in [0.29, 0.717) is 5.56 Å². The quantitative estimate of drug-likeness (QED) is 0.232. The number of benzene rings is 1.